The van der Waals surface area contributed by atoms with Crippen LogP contribution in [-0.4, -0.2) is 5.78 Å². The zero-order chi connectivity index (χ0) is 11.8. The second kappa shape index (κ2) is 6.82. The molecule has 1 aromatic carbocycles. The van der Waals surface area contributed by atoms with E-state index in [1.54, 1.807) is 6.92 Å². The van der Waals surface area contributed by atoms with Gasteiger partial charge in [0.05, 0.1) is 0 Å². The van der Waals surface area contributed by atoms with E-state index in [1.807, 2.05) is 44.2 Å². The highest BCUT2D eigenvalue weighted by molar-refractivity contribution is 5.99. The second-order valence-electron chi connectivity index (χ2n) is 2.96. The predicted octanol–water partition coefficient (Wildman–Crippen LogP) is 3.24. The van der Waals surface area contributed by atoms with Crippen molar-refractivity contribution in [3.63, 3.8) is 0 Å². The van der Waals surface area contributed by atoms with Crippen molar-refractivity contribution in [2.75, 3.05) is 0 Å². The lowest BCUT2D eigenvalue weighted by Gasteiger charge is -2.04. The van der Waals surface area contributed by atoms with E-state index in [1.165, 1.54) is 6.92 Å². The maximum atomic E-state index is 11.0. The molecule has 0 aliphatic rings. The highest BCUT2D eigenvalue weighted by Crippen LogP contribution is 2.12. The van der Waals surface area contributed by atoms with Gasteiger partial charge in [-0.3, -0.25) is 4.79 Å². The average Bonchev–Trinajstić information content (AvgIpc) is 2.31. The van der Waals surface area contributed by atoms with Crippen LogP contribution in [0.15, 0.2) is 35.9 Å². The molecule has 0 fully saturated rings. The average molecular weight is 207 g/mol. The zero-order valence-electron chi connectivity index (χ0n) is 9.87. The van der Waals surface area contributed by atoms with Crippen molar-refractivity contribution < 1.29 is 6.22 Å². The highest BCUT2D eigenvalue weighted by Gasteiger charge is 2.04. The fourth-order valence-corrected chi connectivity index (χ4v) is 1.02. The summed E-state index contributed by atoms with van der Waals surface area (Å²) in [6.45, 7) is 7.26. The molecule has 0 bridgehead atoms. The lowest BCUT2D eigenvalue weighted by Crippen LogP contribution is -2.04. The van der Waals surface area contributed by atoms with E-state index >= 15 is 0 Å². The Kier molecular flexibility index (Phi) is 6.11. The third-order valence-electron chi connectivity index (χ3n) is 2.02. The molecule has 0 atom stereocenters. The molecule has 0 spiro atoms. The van der Waals surface area contributed by atoms with Gasteiger partial charge in [0, 0.05) is 12.7 Å². The van der Waals surface area contributed by atoms with Crippen LogP contribution in [0.25, 0.3) is 5.70 Å². The Balaban J connectivity index is 0. The van der Waals surface area contributed by atoms with Crippen LogP contribution in [0.5, 0.6) is 0 Å². The van der Waals surface area contributed by atoms with Gasteiger partial charge in [-0.2, -0.15) is 0 Å². The molecule has 0 radical (unpaired) electrons. The molecule has 1 aromatic rings. The molecule has 84 valence electrons. The molecule has 0 aliphatic heterocycles. The number of rotatable bonds is 2. The third kappa shape index (κ3) is 3.98. The van der Waals surface area contributed by atoms with Crippen molar-refractivity contribution in [1.82, 2.24) is 0 Å². The molecule has 1 rings (SSSR count). The molecule has 2 heteroatoms. The Morgan fingerprint density at radius 2 is 1.60 bits per heavy atom. The molecule has 0 saturated heterocycles. The fraction of sp³-hybridized carbons (Fsp3) is 0.308. The summed E-state index contributed by atoms with van der Waals surface area (Å²) in [6.07, 6.45) is 0. The van der Waals surface area contributed by atoms with Crippen molar-refractivity contribution in [3.8, 4) is 0 Å². The van der Waals surface area contributed by atoms with Crippen molar-refractivity contribution in [1.29, 1.82) is 0 Å². The number of carbonyl (C=O) groups excluding carboxylic acids is 1. The van der Waals surface area contributed by atoms with Gasteiger partial charge in [0.25, 0.3) is 0 Å². The molecule has 0 aromatic heterocycles. The summed E-state index contributed by atoms with van der Waals surface area (Å²) >= 11 is 0. The van der Waals surface area contributed by atoms with Crippen molar-refractivity contribution in [3.05, 3.63) is 41.5 Å². The fourth-order valence-electron chi connectivity index (χ4n) is 1.02. The molecule has 0 aliphatic carbocycles. The lowest BCUT2D eigenvalue weighted by atomic mass is 10.1. The van der Waals surface area contributed by atoms with Gasteiger partial charge < -0.3 is 5.73 Å². The molecule has 2 nitrogen and oxygen atoms in total. The van der Waals surface area contributed by atoms with E-state index < -0.39 is 0 Å². The Labute approximate surface area is 93.3 Å². The van der Waals surface area contributed by atoms with Gasteiger partial charge in [0.15, 0.2) is 5.78 Å². The highest BCUT2D eigenvalue weighted by atomic mass is 16.1. The minimum Gasteiger partial charge on any atom is -0.398 e. The van der Waals surface area contributed by atoms with Crippen molar-refractivity contribution in [2.45, 2.75) is 27.7 Å². The van der Waals surface area contributed by atoms with E-state index in [0.717, 1.165) is 5.56 Å². The number of carbonyl (C=O) groups is 1. The minimum absolute atomic E-state index is 0. The maximum Gasteiger partial charge on any atom is 0.157 e. The Bertz CT molecular complexity index is 344. The van der Waals surface area contributed by atoms with Gasteiger partial charge in [-0.1, -0.05) is 44.2 Å². The smallest absolute Gasteiger partial charge is 0.157 e. The standard InChI is InChI=1S/C11H13NO.C2H6.H2/c1-8(9(2)13)11(12)10-6-4-3-5-7-10;1-2;/h3-7H,12H2,1-2H3;1-2H3;1H/b11-8-;;. The number of nitrogens with two attached hydrogens (primary N) is 1. The summed E-state index contributed by atoms with van der Waals surface area (Å²) in [5, 5.41) is 0. The van der Waals surface area contributed by atoms with E-state index in [2.05, 4.69) is 0 Å². The molecule has 0 heterocycles. The first-order valence-electron chi connectivity index (χ1n) is 5.15. The van der Waals surface area contributed by atoms with Crippen molar-refractivity contribution in [2.24, 2.45) is 5.73 Å². The molecule has 0 amide bonds. The molecule has 15 heavy (non-hydrogen) atoms. The van der Waals surface area contributed by atoms with Crippen LogP contribution < -0.4 is 5.73 Å². The summed E-state index contributed by atoms with van der Waals surface area (Å²) < 4.78 is 0. The van der Waals surface area contributed by atoms with Crippen molar-refractivity contribution >= 4 is 11.5 Å². The molecular formula is C13H21NO. The maximum absolute atomic E-state index is 11.0. The SMILES string of the molecule is CC.CC(=O)/C(C)=C(\N)c1ccccc1.[HH]. The number of ketones is 1. The third-order valence-corrected chi connectivity index (χ3v) is 2.02. The van der Waals surface area contributed by atoms with Crippen LogP contribution in [0.4, 0.5) is 0 Å². The van der Waals surface area contributed by atoms with E-state index in [-0.39, 0.29) is 7.21 Å². The summed E-state index contributed by atoms with van der Waals surface area (Å²) in [7, 11) is 0. The molecule has 0 unspecified atom stereocenters. The topological polar surface area (TPSA) is 43.1 Å². The van der Waals surface area contributed by atoms with Gasteiger partial charge >= 0.3 is 0 Å². The largest absolute Gasteiger partial charge is 0.398 e. The minimum atomic E-state index is 0. The number of benzene rings is 1. The second-order valence-corrected chi connectivity index (χ2v) is 2.96. The van der Waals surface area contributed by atoms with Crippen LogP contribution in [0, 0.1) is 0 Å². The summed E-state index contributed by atoms with van der Waals surface area (Å²) in [4.78, 5) is 11.0. The zero-order valence-corrected chi connectivity index (χ0v) is 9.87. The van der Waals surface area contributed by atoms with Crippen LogP contribution >= 0.6 is 0 Å². The Hall–Kier alpha value is -1.57. The lowest BCUT2D eigenvalue weighted by molar-refractivity contribution is -0.113. The first kappa shape index (κ1) is 13.4. The van der Waals surface area contributed by atoms with Gasteiger partial charge in [0.2, 0.25) is 0 Å². The Morgan fingerprint density at radius 3 is 2.00 bits per heavy atom. The molecular weight excluding hydrogens is 186 g/mol. The monoisotopic (exact) mass is 207 g/mol. The van der Waals surface area contributed by atoms with Crippen LogP contribution in [0.1, 0.15) is 34.7 Å². The quantitative estimate of drug-likeness (QED) is 0.756. The van der Waals surface area contributed by atoms with Crippen LogP contribution in [-0.2, 0) is 4.79 Å². The van der Waals surface area contributed by atoms with E-state index in [9.17, 15) is 4.79 Å². The van der Waals surface area contributed by atoms with Gasteiger partial charge in [0.1, 0.15) is 0 Å². The van der Waals surface area contributed by atoms with Gasteiger partial charge in [-0.25, -0.2) is 0 Å². The first-order chi connectivity index (χ1) is 7.13. The predicted molar refractivity (Wildman–Crippen MR) is 67.4 cm³/mol. The van der Waals surface area contributed by atoms with Gasteiger partial charge in [-0.05, 0) is 19.4 Å². The normalized spacial score (nSPS) is 10.9. The van der Waals surface area contributed by atoms with E-state index in [0.29, 0.717) is 11.3 Å². The number of Topliss-reactive ketones (excluding diaryl/α,β-unsaturated/α-hetero) is 1. The van der Waals surface area contributed by atoms with Crippen LogP contribution in [0.2, 0.25) is 0 Å². The summed E-state index contributed by atoms with van der Waals surface area (Å²) in [6, 6.07) is 9.49. The number of hydrogen-bond acceptors (Lipinski definition) is 2. The number of hydrogen-bond donors (Lipinski definition) is 1. The Morgan fingerprint density at radius 1 is 1.13 bits per heavy atom. The summed E-state index contributed by atoms with van der Waals surface area (Å²) in [5.41, 5.74) is 7.88. The molecule has 2 N–H and O–H groups in total. The number of allylic oxidation sites excluding steroid dienone is 1. The van der Waals surface area contributed by atoms with Gasteiger partial charge in [-0.15, -0.1) is 0 Å². The molecule has 0 saturated carbocycles. The van der Waals surface area contributed by atoms with E-state index in [4.69, 9.17) is 5.73 Å². The first-order valence-corrected chi connectivity index (χ1v) is 5.15. The van der Waals surface area contributed by atoms with Crippen LogP contribution in [0.3, 0.4) is 0 Å². The summed E-state index contributed by atoms with van der Waals surface area (Å²) in [5.74, 6) is 0.0151.